The van der Waals surface area contributed by atoms with Crippen LogP contribution < -0.4 is 9.46 Å². The number of nitrogens with one attached hydrogen (secondary N) is 1. The Morgan fingerprint density at radius 1 is 1.44 bits per heavy atom. The van der Waals surface area contributed by atoms with Crippen LogP contribution in [0.2, 0.25) is 0 Å². The lowest BCUT2D eigenvalue weighted by Gasteiger charge is -2.09. The highest BCUT2D eigenvalue weighted by Gasteiger charge is 2.20. The number of hydrogen-bond acceptors (Lipinski definition) is 5. The molecule has 0 saturated heterocycles. The second kappa shape index (κ2) is 5.25. The molecule has 0 aliphatic rings. The fraction of sp³-hybridized carbons (Fsp3) is 0.100. The maximum atomic E-state index is 12.1. The van der Waals surface area contributed by atoms with Gasteiger partial charge in [0.1, 0.15) is 5.69 Å². The van der Waals surface area contributed by atoms with Crippen molar-refractivity contribution >= 4 is 43.0 Å². The van der Waals surface area contributed by atoms with Crippen LogP contribution in [0.25, 0.3) is 0 Å². The van der Waals surface area contributed by atoms with Crippen molar-refractivity contribution in [3.63, 3.8) is 0 Å². The fourth-order valence-electron chi connectivity index (χ4n) is 1.29. The van der Waals surface area contributed by atoms with Gasteiger partial charge in [0.15, 0.2) is 4.21 Å². The van der Waals surface area contributed by atoms with Gasteiger partial charge in [-0.2, -0.15) is 0 Å². The van der Waals surface area contributed by atoms with Crippen LogP contribution in [-0.2, 0) is 10.0 Å². The van der Waals surface area contributed by atoms with Gasteiger partial charge >= 0.3 is 0 Å². The number of pyridine rings is 1. The minimum Gasteiger partial charge on any atom is -0.480 e. The maximum absolute atomic E-state index is 12.1. The number of ether oxygens (including phenoxy) is 1. The lowest BCUT2D eigenvalue weighted by Crippen LogP contribution is -2.13. The van der Waals surface area contributed by atoms with Crippen molar-refractivity contribution in [3.05, 3.63) is 34.2 Å². The third-order valence-corrected chi connectivity index (χ3v) is 6.07. The average Bonchev–Trinajstić information content (AvgIpc) is 2.76. The first-order valence-electron chi connectivity index (χ1n) is 4.79. The Balaban J connectivity index is 2.37. The first-order chi connectivity index (χ1) is 8.54. The normalized spacial score (nSPS) is 11.2. The first-order valence-corrected chi connectivity index (χ1v) is 7.95. The average molecular weight is 349 g/mol. The summed E-state index contributed by atoms with van der Waals surface area (Å²) < 4.78 is 32.5. The van der Waals surface area contributed by atoms with Crippen molar-refractivity contribution in [1.82, 2.24) is 4.98 Å². The van der Waals surface area contributed by atoms with E-state index in [1.54, 1.807) is 23.6 Å². The molecule has 0 unspecified atom stereocenters. The zero-order chi connectivity index (χ0) is 13.2. The molecule has 2 rings (SSSR count). The summed E-state index contributed by atoms with van der Waals surface area (Å²) in [5.74, 6) is 0.230. The van der Waals surface area contributed by atoms with Crippen LogP contribution in [-0.4, -0.2) is 20.5 Å². The van der Waals surface area contributed by atoms with Crippen LogP contribution in [0.5, 0.6) is 5.88 Å². The Morgan fingerprint density at radius 2 is 2.22 bits per heavy atom. The van der Waals surface area contributed by atoms with Gasteiger partial charge in [0.2, 0.25) is 5.88 Å². The van der Waals surface area contributed by atoms with Gasteiger partial charge in [-0.05, 0) is 39.5 Å². The second-order valence-electron chi connectivity index (χ2n) is 3.22. The number of halogens is 1. The fourth-order valence-corrected chi connectivity index (χ4v) is 4.69. The second-order valence-corrected chi connectivity index (χ2v) is 6.87. The lowest BCUT2D eigenvalue weighted by atomic mass is 10.4. The SMILES string of the molecule is COc1ncccc1NS(=O)(=O)c1sccc1Br. The molecule has 0 aliphatic heterocycles. The number of aromatic nitrogens is 1. The molecule has 0 fully saturated rings. The van der Waals surface area contributed by atoms with E-state index in [0.717, 1.165) is 11.3 Å². The van der Waals surface area contributed by atoms with Crippen LogP contribution >= 0.6 is 27.3 Å². The van der Waals surface area contributed by atoms with Crippen LogP contribution in [0.3, 0.4) is 0 Å². The van der Waals surface area contributed by atoms with Crippen LogP contribution in [0.1, 0.15) is 0 Å². The maximum Gasteiger partial charge on any atom is 0.272 e. The molecule has 18 heavy (non-hydrogen) atoms. The molecule has 0 radical (unpaired) electrons. The first kappa shape index (κ1) is 13.3. The van der Waals surface area contributed by atoms with Gasteiger partial charge in [-0.3, -0.25) is 4.72 Å². The van der Waals surface area contributed by atoms with E-state index < -0.39 is 10.0 Å². The van der Waals surface area contributed by atoms with Crippen LogP contribution in [0, 0.1) is 0 Å². The van der Waals surface area contributed by atoms with Crippen molar-refractivity contribution in [1.29, 1.82) is 0 Å². The van der Waals surface area contributed by atoms with E-state index in [0.29, 0.717) is 10.2 Å². The third kappa shape index (κ3) is 2.65. The number of nitrogens with zero attached hydrogens (tertiary/aromatic N) is 1. The molecule has 0 aromatic carbocycles. The predicted octanol–water partition coefficient (Wildman–Crippen LogP) is 2.72. The largest absolute Gasteiger partial charge is 0.480 e. The molecular weight excluding hydrogens is 340 g/mol. The molecule has 0 amide bonds. The van der Waals surface area contributed by atoms with Crippen LogP contribution in [0.15, 0.2) is 38.5 Å². The van der Waals surface area contributed by atoms with Crippen molar-refractivity contribution in [3.8, 4) is 5.88 Å². The summed E-state index contributed by atoms with van der Waals surface area (Å²) in [5, 5.41) is 1.69. The van der Waals surface area contributed by atoms with Crippen molar-refractivity contribution in [2.24, 2.45) is 0 Å². The van der Waals surface area contributed by atoms with E-state index >= 15 is 0 Å². The number of methoxy groups -OCH3 is 1. The van der Waals surface area contributed by atoms with Crippen molar-refractivity contribution in [2.45, 2.75) is 4.21 Å². The molecule has 96 valence electrons. The van der Waals surface area contributed by atoms with Crippen molar-refractivity contribution in [2.75, 3.05) is 11.8 Å². The summed E-state index contributed by atoms with van der Waals surface area (Å²) in [4.78, 5) is 3.93. The van der Waals surface area contributed by atoms with E-state index in [1.807, 2.05) is 0 Å². The zero-order valence-electron chi connectivity index (χ0n) is 9.25. The molecule has 1 N–H and O–H groups in total. The Labute approximate surface area is 117 Å². The van der Waals surface area contributed by atoms with Gasteiger partial charge in [-0.25, -0.2) is 13.4 Å². The number of sulfonamides is 1. The highest BCUT2D eigenvalue weighted by molar-refractivity contribution is 9.10. The van der Waals surface area contributed by atoms with E-state index in [4.69, 9.17) is 4.74 Å². The highest BCUT2D eigenvalue weighted by atomic mass is 79.9. The summed E-state index contributed by atoms with van der Waals surface area (Å²) in [7, 11) is -2.20. The molecule has 2 aromatic rings. The van der Waals surface area contributed by atoms with Gasteiger partial charge in [0, 0.05) is 10.7 Å². The summed E-state index contributed by atoms with van der Waals surface area (Å²) >= 11 is 4.33. The van der Waals surface area contributed by atoms with Crippen LogP contribution in [0.4, 0.5) is 5.69 Å². The predicted molar refractivity (Wildman–Crippen MR) is 73.6 cm³/mol. The number of rotatable bonds is 4. The molecule has 8 heteroatoms. The summed E-state index contributed by atoms with van der Waals surface area (Å²) in [6.07, 6.45) is 1.53. The molecule has 2 aromatic heterocycles. The molecule has 5 nitrogen and oxygen atoms in total. The molecular formula is C10H9BrN2O3S2. The Hall–Kier alpha value is -1.12. The van der Waals surface area contributed by atoms with Gasteiger partial charge in [-0.15, -0.1) is 11.3 Å². The smallest absolute Gasteiger partial charge is 0.272 e. The molecule has 0 bridgehead atoms. The standard InChI is InChI=1S/C10H9BrN2O3S2/c1-16-9-8(3-2-5-12-9)13-18(14,15)10-7(11)4-6-17-10/h2-6,13H,1H3. The minimum atomic E-state index is -3.63. The minimum absolute atomic E-state index is 0.216. The van der Waals surface area contributed by atoms with E-state index in [-0.39, 0.29) is 10.1 Å². The van der Waals surface area contributed by atoms with Gasteiger partial charge in [0.25, 0.3) is 10.0 Å². The molecule has 0 atom stereocenters. The summed E-state index contributed by atoms with van der Waals surface area (Å²) in [6, 6.07) is 4.90. The summed E-state index contributed by atoms with van der Waals surface area (Å²) in [5.41, 5.74) is 0.306. The number of thiophene rings is 1. The third-order valence-electron chi connectivity index (χ3n) is 2.04. The van der Waals surface area contributed by atoms with E-state index in [1.165, 1.54) is 13.3 Å². The van der Waals surface area contributed by atoms with Gasteiger partial charge in [0.05, 0.1) is 7.11 Å². The monoisotopic (exact) mass is 348 g/mol. The molecule has 0 saturated carbocycles. The lowest BCUT2D eigenvalue weighted by molar-refractivity contribution is 0.400. The van der Waals surface area contributed by atoms with Gasteiger partial charge < -0.3 is 4.74 Å². The van der Waals surface area contributed by atoms with E-state index in [9.17, 15) is 8.42 Å². The molecule has 2 heterocycles. The Kier molecular flexibility index (Phi) is 3.88. The molecule has 0 aliphatic carbocycles. The molecule has 0 spiro atoms. The summed E-state index contributed by atoms with van der Waals surface area (Å²) in [6.45, 7) is 0. The number of hydrogen-bond donors (Lipinski definition) is 1. The highest BCUT2D eigenvalue weighted by Crippen LogP contribution is 2.31. The Morgan fingerprint density at radius 3 is 2.83 bits per heavy atom. The van der Waals surface area contributed by atoms with Gasteiger partial charge in [-0.1, -0.05) is 0 Å². The van der Waals surface area contributed by atoms with Crippen molar-refractivity contribution < 1.29 is 13.2 Å². The van der Waals surface area contributed by atoms with E-state index in [2.05, 4.69) is 25.6 Å². The Bertz CT molecular complexity index is 655. The topological polar surface area (TPSA) is 68.3 Å². The zero-order valence-corrected chi connectivity index (χ0v) is 12.5. The quantitative estimate of drug-likeness (QED) is 0.922. The number of anilines is 1.